The molecule has 3 heteroatoms. The molecule has 19 heavy (non-hydrogen) atoms. The minimum atomic E-state index is 0.661. The van der Waals surface area contributed by atoms with Crippen molar-refractivity contribution in [2.45, 2.75) is 39.0 Å². The summed E-state index contributed by atoms with van der Waals surface area (Å²) in [6.45, 7) is 4.94. The van der Waals surface area contributed by atoms with Gasteiger partial charge in [-0.3, -0.25) is 0 Å². The fourth-order valence-corrected chi connectivity index (χ4v) is 2.62. The van der Waals surface area contributed by atoms with Gasteiger partial charge in [0.1, 0.15) is 0 Å². The van der Waals surface area contributed by atoms with Crippen LogP contribution in [0, 0.1) is 13.8 Å². The zero-order valence-corrected chi connectivity index (χ0v) is 11.7. The molecule has 2 N–H and O–H groups in total. The van der Waals surface area contributed by atoms with Crippen LogP contribution in [0.4, 0.5) is 0 Å². The summed E-state index contributed by atoms with van der Waals surface area (Å²) in [4.78, 5) is 0. The molecule has 1 aliphatic carbocycles. The average Bonchev–Trinajstić information content (AvgIpc) is 3.12. The lowest BCUT2D eigenvalue weighted by Gasteiger charge is -2.10. The van der Waals surface area contributed by atoms with Crippen LogP contribution in [0.25, 0.3) is 5.69 Å². The van der Waals surface area contributed by atoms with Crippen molar-refractivity contribution in [3.8, 4) is 5.69 Å². The van der Waals surface area contributed by atoms with E-state index in [0.29, 0.717) is 12.5 Å². The van der Waals surface area contributed by atoms with E-state index in [2.05, 4.69) is 42.8 Å². The molecule has 1 aromatic heterocycles. The lowest BCUT2D eigenvalue weighted by molar-refractivity contribution is 0.777. The second-order valence-corrected chi connectivity index (χ2v) is 5.58. The Kier molecular flexibility index (Phi) is 3.15. The zero-order valence-electron chi connectivity index (χ0n) is 11.7. The molecule has 1 aliphatic rings. The van der Waals surface area contributed by atoms with Gasteiger partial charge in [-0.25, -0.2) is 4.68 Å². The third-order valence-electron chi connectivity index (χ3n) is 3.76. The Morgan fingerprint density at radius 2 is 2.05 bits per heavy atom. The summed E-state index contributed by atoms with van der Waals surface area (Å²) < 4.78 is 2.14. The minimum Gasteiger partial charge on any atom is -0.330 e. The van der Waals surface area contributed by atoms with E-state index in [1.165, 1.54) is 35.3 Å². The van der Waals surface area contributed by atoms with E-state index in [0.717, 1.165) is 12.1 Å². The normalized spacial score (nSPS) is 14.9. The molecule has 1 fully saturated rings. The first-order chi connectivity index (χ1) is 9.19. The topological polar surface area (TPSA) is 43.8 Å². The molecule has 0 amide bonds. The maximum atomic E-state index is 5.65. The summed E-state index contributed by atoms with van der Waals surface area (Å²) in [5, 5.41) is 4.76. The van der Waals surface area contributed by atoms with Gasteiger partial charge in [-0.05, 0) is 50.9 Å². The van der Waals surface area contributed by atoms with Crippen molar-refractivity contribution in [1.82, 2.24) is 9.78 Å². The monoisotopic (exact) mass is 255 g/mol. The van der Waals surface area contributed by atoms with E-state index < -0.39 is 0 Å². The maximum absolute atomic E-state index is 5.65. The van der Waals surface area contributed by atoms with Crippen LogP contribution in [0.2, 0.25) is 0 Å². The highest BCUT2D eigenvalue weighted by molar-refractivity contribution is 5.44. The maximum Gasteiger partial charge on any atom is 0.0678 e. The van der Waals surface area contributed by atoms with Crippen LogP contribution in [0.3, 0.4) is 0 Å². The third kappa shape index (κ3) is 2.43. The van der Waals surface area contributed by atoms with Crippen LogP contribution >= 0.6 is 0 Å². The first-order valence-electron chi connectivity index (χ1n) is 7.05. The number of hydrogen-bond acceptors (Lipinski definition) is 2. The lowest BCUT2D eigenvalue weighted by atomic mass is 10.1. The van der Waals surface area contributed by atoms with Crippen molar-refractivity contribution in [1.29, 1.82) is 0 Å². The molecule has 0 bridgehead atoms. The lowest BCUT2D eigenvalue weighted by Crippen LogP contribution is -2.06. The largest absolute Gasteiger partial charge is 0.330 e. The van der Waals surface area contributed by atoms with Gasteiger partial charge in [-0.15, -0.1) is 0 Å². The predicted octanol–water partition coefficient (Wildman–Crippen LogP) is 2.87. The Morgan fingerprint density at radius 3 is 2.68 bits per heavy atom. The molecule has 3 nitrogen and oxygen atoms in total. The van der Waals surface area contributed by atoms with E-state index in [-0.39, 0.29) is 0 Å². The van der Waals surface area contributed by atoms with Crippen LogP contribution in [0.5, 0.6) is 0 Å². The fraction of sp³-hybridized carbons (Fsp3) is 0.438. The van der Waals surface area contributed by atoms with E-state index >= 15 is 0 Å². The van der Waals surface area contributed by atoms with Crippen molar-refractivity contribution < 1.29 is 0 Å². The highest BCUT2D eigenvalue weighted by atomic mass is 15.3. The molecule has 0 radical (unpaired) electrons. The highest BCUT2D eigenvalue weighted by Gasteiger charge is 2.28. The van der Waals surface area contributed by atoms with Gasteiger partial charge >= 0.3 is 0 Å². The van der Waals surface area contributed by atoms with Crippen LogP contribution in [0.15, 0.2) is 24.3 Å². The van der Waals surface area contributed by atoms with E-state index in [1.54, 1.807) is 0 Å². The Hall–Kier alpha value is -1.61. The van der Waals surface area contributed by atoms with Gasteiger partial charge < -0.3 is 5.73 Å². The van der Waals surface area contributed by atoms with Gasteiger partial charge in [-0.1, -0.05) is 17.7 Å². The van der Waals surface area contributed by atoms with Crippen molar-refractivity contribution in [3.63, 3.8) is 0 Å². The highest BCUT2D eigenvalue weighted by Crippen LogP contribution is 2.41. The van der Waals surface area contributed by atoms with Crippen LogP contribution in [0.1, 0.15) is 41.3 Å². The third-order valence-corrected chi connectivity index (χ3v) is 3.76. The summed E-state index contributed by atoms with van der Waals surface area (Å²) in [7, 11) is 0. The van der Waals surface area contributed by atoms with Crippen LogP contribution in [-0.2, 0) is 6.42 Å². The molecule has 2 aromatic rings. The average molecular weight is 255 g/mol. The smallest absolute Gasteiger partial charge is 0.0678 e. The van der Waals surface area contributed by atoms with Crippen molar-refractivity contribution in [3.05, 3.63) is 46.8 Å². The van der Waals surface area contributed by atoms with Crippen LogP contribution in [-0.4, -0.2) is 16.3 Å². The Balaban J connectivity index is 2.07. The molecule has 0 spiro atoms. The van der Waals surface area contributed by atoms with E-state index in [9.17, 15) is 0 Å². The first-order valence-corrected chi connectivity index (χ1v) is 7.05. The molecular weight excluding hydrogens is 234 g/mol. The number of hydrogen-bond donors (Lipinski definition) is 1. The number of aryl methyl sites for hydroxylation is 2. The standard InChI is InChI=1S/C16H21N3/c1-11-3-6-15(12(2)9-11)19-16(13-4-5-13)10-14(18-19)7-8-17/h3,6,9-10,13H,4-5,7-8,17H2,1-2H3. The molecule has 1 saturated carbocycles. The predicted molar refractivity (Wildman–Crippen MR) is 77.8 cm³/mol. The van der Waals surface area contributed by atoms with Gasteiger partial charge in [0.25, 0.3) is 0 Å². The van der Waals surface area contributed by atoms with Crippen molar-refractivity contribution >= 4 is 0 Å². The van der Waals surface area contributed by atoms with Crippen LogP contribution < -0.4 is 5.73 Å². The van der Waals surface area contributed by atoms with Gasteiger partial charge in [0.05, 0.1) is 11.4 Å². The summed E-state index contributed by atoms with van der Waals surface area (Å²) in [6, 6.07) is 8.79. The number of benzene rings is 1. The Bertz CT molecular complexity index is 594. The van der Waals surface area contributed by atoms with Gasteiger partial charge in [0.15, 0.2) is 0 Å². The number of aromatic nitrogens is 2. The number of nitrogens with two attached hydrogens (primary N) is 1. The van der Waals surface area contributed by atoms with E-state index in [1.807, 2.05) is 0 Å². The zero-order chi connectivity index (χ0) is 13.4. The molecule has 3 rings (SSSR count). The second-order valence-electron chi connectivity index (χ2n) is 5.58. The summed E-state index contributed by atoms with van der Waals surface area (Å²) in [5.41, 5.74) is 11.9. The SMILES string of the molecule is Cc1ccc(-n2nc(CCN)cc2C2CC2)c(C)c1. The fourth-order valence-electron chi connectivity index (χ4n) is 2.62. The Morgan fingerprint density at radius 1 is 1.26 bits per heavy atom. The quantitative estimate of drug-likeness (QED) is 0.913. The molecule has 1 heterocycles. The molecule has 1 aromatic carbocycles. The van der Waals surface area contributed by atoms with Gasteiger partial charge in [0.2, 0.25) is 0 Å². The van der Waals surface area contributed by atoms with E-state index in [4.69, 9.17) is 10.8 Å². The molecule has 0 unspecified atom stereocenters. The minimum absolute atomic E-state index is 0.661. The molecule has 0 aliphatic heterocycles. The number of nitrogens with zero attached hydrogens (tertiary/aromatic N) is 2. The summed E-state index contributed by atoms with van der Waals surface area (Å²) in [5.74, 6) is 0.694. The summed E-state index contributed by atoms with van der Waals surface area (Å²) >= 11 is 0. The van der Waals surface area contributed by atoms with Gasteiger partial charge in [-0.2, -0.15) is 5.10 Å². The van der Waals surface area contributed by atoms with Gasteiger partial charge in [0, 0.05) is 18.0 Å². The number of rotatable bonds is 4. The molecule has 0 saturated heterocycles. The summed E-state index contributed by atoms with van der Waals surface area (Å²) in [6.07, 6.45) is 3.44. The Labute approximate surface area is 114 Å². The first kappa shape index (κ1) is 12.4. The molecule has 100 valence electrons. The molecular formula is C16H21N3. The molecule has 0 atom stereocenters. The van der Waals surface area contributed by atoms with Crippen molar-refractivity contribution in [2.75, 3.05) is 6.54 Å². The van der Waals surface area contributed by atoms with Crippen molar-refractivity contribution in [2.24, 2.45) is 5.73 Å². The second kappa shape index (κ2) is 4.82.